The molecule has 42 heavy (non-hydrogen) atoms. The molecule has 1 amide bonds. The van der Waals surface area contributed by atoms with E-state index in [0.29, 0.717) is 34.4 Å². The van der Waals surface area contributed by atoms with Crippen LogP contribution in [0.2, 0.25) is 0 Å². The van der Waals surface area contributed by atoms with Crippen molar-refractivity contribution in [2.75, 3.05) is 43.0 Å². The molecule has 4 aromatic rings. The molecule has 1 spiro atoms. The Bertz CT molecular complexity index is 1810. The molecule has 5 heterocycles. The number of aliphatic hydroxyl groups is 1. The SMILES string of the molecule is Cc1cc(N2CC3(CN(C(=O)C(C)(C)O)C3)C2)nc2c(N(C)c3nc(-c4ccc(F)cc4)c(C#N)s3)c3c(nc12)CC3. The number of carbonyl (C=O) groups is 1. The lowest BCUT2D eigenvalue weighted by Crippen LogP contribution is -2.74. The zero-order valence-corrected chi connectivity index (χ0v) is 24.7. The first kappa shape index (κ1) is 26.7. The second-order valence-electron chi connectivity index (χ2n) is 12.3. The fraction of sp³-hybridized carbons (Fsp3) is 0.387. The molecule has 3 aliphatic rings. The summed E-state index contributed by atoms with van der Waals surface area (Å²) in [5, 5.41) is 20.6. The zero-order chi connectivity index (χ0) is 29.6. The molecule has 9 nitrogen and oxygen atoms in total. The first-order valence-corrected chi connectivity index (χ1v) is 14.8. The molecule has 0 bridgehead atoms. The number of nitriles is 1. The minimum Gasteiger partial charge on any atom is -0.381 e. The zero-order valence-electron chi connectivity index (χ0n) is 23.9. The molecular formula is C31H30FN7O2S. The summed E-state index contributed by atoms with van der Waals surface area (Å²) >= 11 is 1.30. The number of anilines is 3. The van der Waals surface area contributed by atoms with Crippen molar-refractivity contribution in [2.24, 2.45) is 5.41 Å². The highest BCUT2D eigenvalue weighted by atomic mass is 32.1. The second-order valence-corrected chi connectivity index (χ2v) is 13.3. The Labute approximate surface area is 246 Å². The van der Waals surface area contributed by atoms with Crippen molar-refractivity contribution in [1.82, 2.24) is 19.9 Å². The Morgan fingerprint density at radius 1 is 1.12 bits per heavy atom. The summed E-state index contributed by atoms with van der Waals surface area (Å²) in [5.41, 5.74) is 5.77. The number of nitrogens with zero attached hydrogens (tertiary/aromatic N) is 7. The monoisotopic (exact) mass is 583 g/mol. The lowest BCUT2D eigenvalue weighted by atomic mass is 9.72. The van der Waals surface area contributed by atoms with Gasteiger partial charge in [-0.2, -0.15) is 5.26 Å². The standard InChI is InChI=1S/C31H30FN7O2S/c1-17-11-23(38-13-31(14-38)15-39(16-31)28(40)30(2,3)41)35-26-24(17)34-21-10-9-20(21)27(26)37(4)29-36-25(22(12-33)42-29)18-5-7-19(32)8-6-18/h5-8,11,41H,9-10,13-16H2,1-4H3. The third-order valence-electron chi connectivity index (χ3n) is 8.58. The average molecular weight is 584 g/mol. The van der Waals surface area contributed by atoms with Gasteiger partial charge in [-0.25, -0.2) is 14.4 Å². The summed E-state index contributed by atoms with van der Waals surface area (Å²) in [6.07, 6.45) is 1.80. The van der Waals surface area contributed by atoms with Crippen molar-refractivity contribution in [3.63, 3.8) is 0 Å². The average Bonchev–Trinajstić information content (AvgIpc) is 3.32. The number of fused-ring (bicyclic) bond motifs is 2. The van der Waals surface area contributed by atoms with E-state index in [1.165, 1.54) is 37.3 Å². The normalized spacial score (nSPS) is 16.9. The van der Waals surface area contributed by atoms with Crippen LogP contribution in [-0.2, 0) is 17.6 Å². The number of hydrogen-bond donors (Lipinski definition) is 1. The number of rotatable bonds is 5. The van der Waals surface area contributed by atoms with Crippen LogP contribution in [0.25, 0.3) is 22.3 Å². The Kier molecular flexibility index (Phi) is 5.84. The maximum absolute atomic E-state index is 13.6. The Morgan fingerprint density at radius 3 is 2.45 bits per heavy atom. The van der Waals surface area contributed by atoms with Gasteiger partial charge >= 0.3 is 0 Å². The minimum atomic E-state index is -1.36. The van der Waals surface area contributed by atoms with E-state index >= 15 is 0 Å². The van der Waals surface area contributed by atoms with Gasteiger partial charge in [-0.15, -0.1) is 0 Å². The quantitative estimate of drug-likeness (QED) is 0.369. The van der Waals surface area contributed by atoms with Crippen molar-refractivity contribution in [3.8, 4) is 17.3 Å². The van der Waals surface area contributed by atoms with Crippen LogP contribution in [0.4, 0.5) is 21.0 Å². The highest BCUT2D eigenvalue weighted by molar-refractivity contribution is 7.16. The number of aryl methyl sites for hydroxylation is 2. The fourth-order valence-electron chi connectivity index (χ4n) is 6.34. The molecule has 7 rings (SSSR count). The van der Waals surface area contributed by atoms with E-state index in [1.54, 1.807) is 17.0 Å². The number of amides is 1. The van der Waals surface area contributed by atoms with E-state index in [-0.39, 0.29) is 17.1 Å². The molecule has 3 aromatic heterocycles. The molecule has 1 N–H and O–H groups in total. The van der Waals surface area contributed by atoms with E-state index in [9.17, 15) is 19.6 Å². The Morgan fingerprint density at radius 2 is 1.83 bits per heavy atom. The summed E-state index contributed by atoms with van der Waals surface area (Å²) in [6, 6.07) is 10.4. The van der Waals surface area contributed by atoms with Gasteiger partial charge in [0.05, 0.1) is 11.2 Å². The minimum absolute atomic E-state index is 0.0368. The van der Waals surface area contributed by atoms with Crippen LogP contribution >= 0.6 is 11.3 Å². The lowest BCUT2D eigenvalue weighted by molar-refractivity contribution is -0.162. The summed E-state index contributed by atoms with van der Waals surface area (Å²) < 4.78 is 13.6. The van der Waals surface area contributed by atoms with Crippen LogP contribution in [-0.4, -0.2) is 69.7 Å². The molecule has 2 saturated heterocycles. The molecule has 1 aromatic carbocycles. The maximum atomic E-state index is 13.6. The van der Waals surface area contributed by atoms with E-state index in [4.69, 9.17) is 15.0 Å². The summed E-state index contributed by atoms with van der Waals surface area (Å²) in [6.45, 7) is 7.99. The van der Waals surface area contributed by atoms with Crippen LogP contribution in [0.1, 0.15) is 35.5 Å². The molecular weight excluding hydrogens is 553 g/mol. The summed E-state index contributed by atoms with van der Waals surface area (Å²) in [5.74, 6) is 0.305. The summed E-state index contributed by atoms with van der Waals surface area (Å²) in [4.78, 5) is 33.8. The van der Waals surface area contributed by atoms with Gasteiger partial charge in [-0.3, -0.25) is 9.78 Å². The molecule has 0 saturated carbocycles. The predicted molar refractivity (Wildman–Crippen MR) is 159 cm³/mol. The van der Waals surface area contributed by atoms with Crippen LogP contribution < -0.4 is 9.80 Å². The lowest BCUT2D eigenvalue weighted by Gasteiger charge is -2.61. The maximum Gasteiger partial charge on any atom is 0.253 e. The van der Waals surface area contributed by atoms with E-state index in [0.717, 1.165) is 65.3 Å². The van der Waals surface area contributed by atoms with Gasteiger partial charge in [0.25, 0.3) is 5.91 Å². The van der Waals surface area contributed by atoms with Gasteiger partial charge in [0.15, 0.2) is 5.13 Å². The number of likely N-dealkylation sites (tertiary alicyclic amines) is 1. The number of carbonyl (C=O) groups excluding carboxylic acids is 1. The Hall–Kier alpha value is -4.14. The molecule has 0 unspecified atom stereocenters. The van der Waals surface area contributed by atoms with Crippen molar-refractivity contribution >= 4 is 44.9 Å². The van der Waals surface area contributed by atoms with Crippen LogP contribution in [0, 0.1) is 29.5 Å². The van der Waals surface area contributed by atoms with Crippen LogP contribution in [0.15, 0.2) is 30.3 Å². The second kappa shape index (κ2) is 9.18. The highest BCUT2D eigenvalue weighted by Gasteiger charge is 2.55. The van der Waals surface area contributed by atoms with Gasteiger partial charge in [0.2, 0.25) is 0 Å². The smallest absolute Gasteiger partial charge is 0.253 e. The van der Waals surface area contributed by atoms with Gasteiger partial charge < -0.3 is 19.8 Å². The molecule has 0 radical (unpaired) electrons. The van der Waals surface area contributed by atoms with Crippen molar-refractivity contribution in [3.05, 3.63) is 57.8 Å². The van der Waals surface area contributed by atoms with Crippen molar-refractivity contribution in [1.29, 1.82) is 5.26 Å². The number of benzene rings is 1. The number of halogens is 1. The van der Waals surface area contributed by atoms with Gasteiger partial charge in [0, 0.05) is 55.5 Å². The largest absolute Gasteiger partial charge is 0.381 e. The molecule has 1 aliphatic carbocycles. The topological polar surface area (TPSA) is 109 Å². The van der Waals surface area contributed by atoms with Crippen LogP contribution in [0.5, 0.6) is 0 Å². The van der Waals surface area contributed by atoms with E-state index < -0.39 is 5.60 Å². The third-order valence-corrected chi connectivity index (χ3v) is 9.62. The fourth-order valence-corrected chi connectivity index (χ4v) is 7.20. The molecule has 2 aliphatic heterocycles. The van der Waals surface area contributed by atoms with E-state index in [1.807, 2.05) is 11.9 Å². The van der Waals surface area contributed by atoms with Gasteiger partial charge in [-0.1, -0.05) is 11.3 Å². The number of thiazole rings is 1. The number of pyridine rings is 2. The van der Waals surface area contributed by atoms with Gasteiger partial charge in [-0.05, 0) is 69.5 Å². The molecule has 11 heteroatoms. The van der Waals surface area contributed by atoms with Crippen molar-refractivity contribution < 1.29 is 14.3 Å². The number of hydrogen-bond acceptors (Lipinski definition) is 9. The number of aromatic nitrogens is 3. The third kappa shape index (κ3) is 4.12. The Balaban J connectivity index is 1.22. The van der Waals surface area contributed by atoms with Crippen molar-refractivity contribution in [2.45, 2.75) is 39.2 Å². The van der Waals surface area contributed by atoms with Gasteiger partial charge in [0.1, 0.15) is 39.4 Å². The van der Waals surface area contributed by atoms with E-state index in [2.05, 4.69) is 24.0 Å². The molecule has 214 valence electrons. The van der Waals surface area contributed by atoms with Crippen LogP contribution in [0.3, 0.4) is 0 Å². The first-order valence-electron chi connectivity index (χ1n) is 14.0. The molecule has 2 fully saturated rings. The summed E-state index contributed by atoms with van der Waals surface area (Å²) in [7, 11) is 1.95. The first-order chi connectivity index (χ1) is 20.0. The predicted octanol–water partition coefficient (Wildman–Crippen LogP) is 4.36. The highest BCUT2D eigenvalue weighted by Crippen LogP contribution is 2.46. The molecule has 0 atom stereocenters.